The quantitative estimate of drug-likeness (QED) is 0.605. The van der Waals surface area contributed by atoms with E-state index in [9.17, 15) is 0 Å². The first-order chi connectivity index (χ1) is 10.3. The predicted molar refractivity (Wildman–Crippen MR) is 89.1 cm³/mol. The van der Waals surface area contributed by atoms with Crippen molar-refractivity contribution in [2.75, 3.05) is 0 Å². The Labute approximate surface area is 125 Å². The molecule has 0 spiro atoms. The lowest BCUT2D eigenvalue weighted by atomic mass is 10.0. The summed E-state index contributed by atoms with van der Waals surface area (Å²) in [6, 6.07) is 17.3. The molecule has 21 heavy (non-hydrogen) atoms. The Kier molecular flexibility index (Phi) is 2.85. The fourth-order valence-corrected chi connectivity index (χ4v) is 3.24. The van der Waals surface area contributed by atoms with Gasteiger partial charge in [0.05, 0.1) is 5.52 Å². The monoisotopic (exact) mass is 271 g/mol. The van der Waals surface area contributed by atoms with Crippen LogP contribution in [0.1, 0.15) is 28.7 Å². The molecule has 1 heteroatoms. The van der Waals surface area contributed by atoms with E-state index >= 15 is 0 Å². The average Bonchev–Trinajstić information content (AvgIpc) is 2.90. The third-order valence-corrected chi connectivity index (χ3v) is 4.28. The number of aromatic nitrogens is 1. The molecule has 1 aliphatic rings. The summed E-state index contributed by atoms with van der Waals surface area (Å²) in [4.78, 5) is 4.44. The number of nitrogens with zero attached hydrogens (tertiary/aromatic N) is 1. The second-order valence-corrected chi connectivity index (χ2v) is 5.75. The highest BCUT2D eigenvalue weighted by Gasteiger charge is 2.16. The van der Waals surface area contributed by atoms with E-state index < -0.39 is 0 Å². The van der Waals surface area contributed by atoms with Gasteiger partial charge in [0, 0.05) is 11.6 Å². The van der Waals surface area contributed by atoms with E-state index in [0.29, 0.717) is 0 Å². The lowest BCUT2D eigenvalue weighted by Gasteiger charge is -2.05. The molecule has 3 aromatic rings. The van der Waals surface area contributed by atoms with Gasteiger partial charge in [-0.2, -0.15) is 0 Å². The molecule has 0 fully saturated rings. The van der Waals surface area contributed by atoms with Crippen LogP contribution >= 0.6 is 0 Å². The lowest BCUT2D eigenvalue weighted by molar-refractivity contribution is 1.08. The van der Waals surface area contributed by atoms with Gasteiger partial charge in [-0.1, -0.05) is 48.0 Å². The van der Waals surface area contributed by atoms with Crippen LogP contribution in [0.2, 0.25) is 0 Å². The van der Waals surface area contributed by atoms with Crippen LogP contribution < -0.4 is 0 Å². The van der Waals surface area contributed by atoms with Crippen LogP contribution in [0.3, 0.4) is 0 Å². The van der Waals surface area contributed by atoms with Crippen LogP contribution in [0.5, 0.6) is 0 Å². The van der Waals surface area contributed by atoms with Crippen molar-refractivity contribution in [1.82, 2.24) is 4.98 Å². The molecule has 2 aromatic carbocycles. The fraction of sp³-hybridized carbons (Fsp3) is 0.150. The van der Waals surface area contributed by atoms with Gasteiger partial charge in [0.1, 0.15) is 0 Å². The Balaban J connectivity index is 1.86. The second-order valence-electron chi connectivity index (χ2n) is 5.75. The second kappa shape index (κ2) is 4.85. The zero-order valence-corrected chi connectivity index (χ0v) is 12.1. The van der Waals surface area contributed by atoms with Gasteiger partial charge in [0.2, 0.25) is 0 Å². The minimum absolute atomic E-state index is 1.06. The zero-order valence-electron chi connectivity index (χ0n) is 12.1. The van der Waals surface area contributed by atoms with Gasteiger partial charge in [-0.3, -0.25) is 4.98 Å². The maximum absolute atomic E-state index is 4.44. The van der Waals surface area contributed by atoms with E-state index in [0.717, 1.165) is 18.4 Å². The van der Waals surface area contributed by atoms with Gasteiger partial charge >= 0.3 is 0 Å². The van der Waals surface area contributed by atoms with Crippen LogP contribution in [0, 0.1) is 6.92 Å². The molecule has 0 N–H and O–H groups in total. The van der Waals surface area contributed by atoms with Gasteiger partial charge in [-0.15, -0.1) is 0 Å². The molecule has 0 bridgehead atoms. The van der Waals surface area contributed by atoms with Crippen molar-refractivity contribution in [3.8, 4) is 0 Å². The molecular weight excluding hydrogens is 254 g/mol. The molecule has 1 heterocycles. The van der Waals surface area contributed by atoms with Crippen LogP contribution in [0.4, 0.5) is 0 Å². The topological polar surface area (TPSA) is 12.9 Å². The number of allylic oxidation sites excluding steroid dienone is 1. The summed E-state index contributed by atoms with van der Waals surface area (Å²) in [5, 5.41) is 1.23. The minimum Gasteiger partial charge on any atom is -0.256 e. The summed E-state index contributed by atoms with van der Waals surface area (Å²) < 4.78 is 0. The number of aryl methyl sites for hydroxylation is 2. The van der Waals surface area contributed by atoms with E-state index in [1.54, 1.807) is 0 Å². The van der Waals surface area contributed by atoms with Crippen molar-refractivity contribution in [2.45, 2.75) is 19.8 Å². The first kappa shape index (κ1) is 12.3. The van der Waals surface area contributed by atoms with Crippen molar-refractivity contribution in [3.05, 3.63) is 77.0 Å². The van der Waals surface area contributed by atoms with E-state index in [2.05, 4.69) is 60.4 Å². The van der Waals surface area contributed by atoms with Gasteiger partial charge < -0.3 is 0 Å². The lowest BCUT2D eigenvalue weighted by Crippen LogP contribution is -1.84. The molecule has 0 saturated carbocycles. The van der Waals surface area contributed by atoms with Crippen molar-refractivity contribution in [2.24, 2.45) is 0 Å². The first-order valence-electron chi connectivity index (χ1n) is 7.45. The zero-order chi connectivity index (χ0) is 14.2. The smallest absolute Gasteiger partial charge is 0.0707 e. The van der Waals surface area contributed by atoms with Gasteiger partial charge in [0.15, 0.2) is 0 Å². The molecule has 4 rings (SSSR count). The van der Waals surface area contributed by atoms with Crippen LogP contribution in [-0.4, -0.2) is 4.98 Å². The largest absolute Gasteiger partial charge is 0.256 e. The van der Waals surface area contributed by atoms with Gasteiger partial charge in [-0.25, -0.2) is 0 Å². The number of rotatable bonds is 1. The molecule has 1 nitrogen and oxygen atoms in total. The summed E-state index contributed by atoms with van der Waals surface area (Å²) in [5.74, 6) is 0. The van der Waals surface area contributed by atoms with Crippen molar-refractivity contribution >= 4 is 22.6 Å². The Bertz CT molecular complexity index is 853. The molecule has 0 atom stereocenters. The van der Waals surface area contributed by atoms with Crippen LogP contribution in [-0.2, 0) is 6.42 Å². The molecule has 102 valence electrons. The average molecular weight is 271 g/mol. The molecule has 1 aliphatic carbocycles. The van der Waals surface area contributed by atoms with E-state index in [4.69, 9.17) is 0 Å². The molecule has 1 aromatic heterocycles. The molecule has 0 radical (unpaired) electrons. The third-order valence-electron chi connectivity index (χ3n) is 4.28. The van der Waals surface area contributed by atoms with Crippen molar-refractivity contribution in [3.63, 3.8) is 0 Å². The van der Waals surface area contributed by atoms with Crippen molar-refractivity contribution < 1.29 is 0 Å². The number of pyridine rings is 1. The van der Waals surface area contributed by atoms with Crippen LogP contribution in [0.25, 0.3) is 22.6 Å². The summed E-state index contributed by atoms with van der Waals surface area (Å²) in [6.45, 7) is 2.17. The highest BCUT2D eigenvalue weighted by Crippen LogP contribution is 2.35. The van der Waals surface area contributed by atoms with Crippen molar-refractivity contribution in [1.29, 1.82) is 0 Å². The number of benzene rings is 2. The summed E-state index contributed by atoms with van der Waals surface area (Å²) >= 11 is 0. The Morgan fingerprint density at radius 3 is 2.90 bits per heavy atom. The number of hydrogen-bond donors (Lipinski definition) is 0. The SMILES string of the molecule is Cc1ccc2c(c1)CC/C2=C\c1cccc2ncccc12. The molecule has 0 saturated heterocycles. The molecule has 0 unspecified atom stereocenters. The normalized spacial score (nSPS) is 15.6. The summed E-state index contributed by atoms with van der Waals surface area (Å²) in [7, 11) is 0. The maximum atomic E-state index is 4.44. The Hall–Kier alpha value is -2.41. The number of fused-ring (bicyclic) bond motifs is 2. The first-order valence-corrected chi connectivity index (χ1v) is 7.45. The fourth-order valence-electron chi connectivity index (χ4n) is 3.24. The Morgan fingerprint density at radius 2 is 1.95 bits per heavy atom. The summed E-state index contributed by atoms with van der Waals surface area (Å²) in [5.41, 5.74) is 8.03. The third kappa shape index (κ3) is 2.15. The van der Waals surface area contributed by atoms with Gasteiger partial charge in [0.25, 0.3) is 0 Å². The maximum Gasteiger partial charge on any atom is 0.0707 e. The molecular formula is C20H17N. The van der Waals surface area contributed by atoms with E-state index in [1.807, 2.05) is 12.3 Å². The van der Waals surface area contributed by atoms with E-state index in [-0.39, 0.29) is 0 Å². The standard InChI is InChI=1S/C20H17N/c1-14-7-10-18-16(12-14)8-9-17(18)13-15-4-2-6-20-19(15)5-3-11-21-20/h2-7,10-13H,8-9H2,1H3/b17-13+. The molecule has 0 aliphatic heterocycles. The highest BCUT2D eigenvalue weighted by molar-refractivity contribution is 5.95. The Morgan fingerprint density at radius 1 is 1.00 bits per heavy atom. The predicted octanol–water partition coefficient (Wildman–Crippen LogP) is 5.03. The van der Waals surface area contributed by atoms with Gasteiger partial charge in [-0.05, 0) is 54.2 Å². The van der Waals surface area contributed by atoms with Crippen LogP contribution in [0.15, 0.2) is 54.7 Å². The van der Waals surface area contributed by atoms with E-state index in [1.165, 1.54) is 33.2 Å². The minimum atomic E-state index is 1.06. The molecule has 0 amide bonds. The number of hydrogen-bond acceptors (Lipinski definition) is 1. The highest BCUT2D eigenvalue weighted by atomic mass is 14.6. The summed E-state index contributed by atoms with van der Waals surface area (Å²) in [6.07, 6.45) is 6.49.